The van der Waals surface area contributed by atoms with Crippen molar-refractivity contribution in [3.8, 4) is 0 Å². The van der Waals surface area contributed by atoms with Gasteiger partial charge in [0.25, 0.3) is 0 Å². The van der Waals surface area contributed by atoms with E-state index < -0.39 is 0 Å². The lowest BCUT2D eigenvalue weighted by Gasteiger charge is -2.06. The highest BCUT2D eigenvalue weighted by Crippen LogP contribution is 2.27. The number of carbonyl (C=O) groups excluding carboxylic acids is 1. The van der Waals surface area contributed by atoms with E-state index in [4.69, 9.17) is 11.6 Å². The largest absolute Gasteiger partial charge is 0.299 e. The minimum Gasteiger partial charge on any atom is -0.299 e. The number of thioether (sulfide) groups is 1. The van der Waals surface area contributed by atoms with Crippen molar-refractivity contribution in [2.24, 2.45) is 0 Å². The number of halogens is 1. The zero-order chi connectivity index (χ0) is 12.1. The molecule has 3 heteroatoms. The zero-order valence-corrected chi connectivity index (χ0v) is 10.8. The molecule has 0 N–H and O–H groups in total. The van der Waals surface area contributed by atoms with Crippen LogP contribution in [0.1, 0.15) is 6.42 Å². The molecule has 1 saturated carbocycles. The molecule has 0 spiro atoms. The van der Waals surface area contributed by atoms with Crippen molar-refractivity contribution < 1.29 is 4.79 Å². The Hall–Kier alpha value is -0.470. The third kappa shape index (κ3) is 4.04. The molecule has 0 atom stereocenters. The summed E-state index contributed by atoms with van der Waals surface area (Å²) in [6.07, 6.45) is 8.06. The highest BCUT2D eigenvalue weighted by Gasteiger charge is 2.23. The third-order valence-electron chi connectivity index (χ3n) is 2.40. The van der Waals surface area contributed by atoms with Gasteiger partial charge in [-0.05, 0) is 49.9 Å². The van der Waals surface area contributed by atoms with Crippen LogP contribution in [0.4, 0.5) is 0 Å². The maximum atomic E-state index is 11.7. The molecule has 1 aromatic carbocycles. The molecule has 17 heavy (non-hydrogen) atoms. The van der Waals surface area contributed by atoms with Crippen LogP contribution in [0.5, 0.6) is 0 Å². The van der Waals surface area contributed by atoms with E-state index in [1.54, 1.807) is 11.8 Å². The van der Waals surface area contributed by atoms with Crippen molar-refractivity contribution in [2.45, 2.75) is 11.3 Å². The third-order valence-corrected chi connectivity index (χ3v) is 3.66. The molecule has 0 aromatic heterocycles. The molecule has 5 radical (unpaired) electrons. The van der Waals surface area contributed by atoms with E-state index >= 15 is 0 Å². The maximum Gasteiger partial charge on any atom is 0.141 e. The van der Waals surface area contributed by atoms with Gasteiger partial charge in [0.1, 0.15) is 5.78 Å². The number of carbonyl (C=O) groups is 1. The number of hydrogen-bond donors (Lipinski definition) is 0. The number of hydrogen-bond acceptors (Lipinski definition) is 2. The Morgan fingerprint density at radius 3 is 2.41 bits per heavy atom. The van der Waals surface area contributed by atoms with Crippen molar-refractivity contribution in [1.29, 1.82) is 0 Å². The van der Waals surface area contributed by atoms with Crippen LogP contribution in [0.15, 0.2) is 29.2 Å². The van der Waals surface area contributed by atoms with Crippen LogP contribution in [-0.4, -0.2) is 11.5 Å². The maximum absolute atomic E-state index is 11.7. The van der Waals surface area contributed by atoms with Crippen LogP contribution in [0.2, 0.25) is 5.02 Å². The minimum atomic E-state index is 0.205. The first-order chi connectivity index (χ1) is 8.25. The molecule has 2 rings (SSSR count). The fourth-order valence-electron chi connectivity index (χ4n) is 1.50. The van der Waals surface area contributed by atoms with Crippen LogP contribution < -0.4 is 0 Å². The summed E-state index contributed by atoms with van der Waals surface area (Å²) in [6.45, 7) is 0. The summed E-state index contributed by atoms with van der Waals surface area (Å²) in [5.74, 6) is 1.81. The average Bonchev–Trinajstić information content (AvgIpc) is 2.85. The first-order valence-electron chi connectivity index (χ1n) is 5.39. The molecule has 1 aliphatic rings. The minimum absolute atomic E-state index is 0.205. The van der Waals surface area contributed by atoms with E-state index in [1.165, 1.54) is 0 Å². The predicted octanol–water partition coefficient (Wildman–Crippen LogP) is 3.80. The van der Waals surface area contributed by atoms with Crippen LogP contribution in [0.3, 0.4) is 0 Å². The van der Waals surface area contributed by atoms with Crippen LogP contribution in [0.25, 0.3) is 0 Å². The number of benzene rings is 1. The SMILES string of the molecule is O=C(CCSc1ccc(Cl)cc1)[C]1[CH][CH][CH][CH]1. The molecule has 1 aromatic rings. The molecule has 87 valence electrons. The van der Waals surface area contributed by atoms with Gasteiger partial charge in [0, 0.05) is 28.0 Å². The van der Waals surface area contributed by atoms with Gasteiger partial charge in [-0.2, -0.15) is 0 Å². The Labute approximate surface area is 112 Å². The smallest absolute Gasteiger partial charge is 0.141 e. The van der Waals surface area contributed by atoms with Gasteiger partial charge in [-0.3, -0.25) is 4.79 Å². The fraction of sp³-hybridized carbons (Fsp3) is 0.143. The van der Waals surface area contributed by atoms with Crippen molar-refractivity contribution in [1.82, 2.24) is 0 Å². The van der Waals surface area contributed by atoms with Gasteiger partial charge < -0.3 is 0 Å². The normalized spacial score (nSPS) is 16.3. The monoisotopic (exact) mass is 263 g/mol. The van der Waals surface area contributed by atoms with Crippen molar-refractivity contribution in [2.75, 3.05) is 5.75 Å². The summed E-state index contributed by atoms with van der Waals surface area (Å²) < 4.78 is 0. The van der Waals surface area contributed by atoms with E-state index in [0.29, 0.717) is 6.42 Å². The molecule has 1 nitrogen and oxygen atoms in total. The summed E-state index contributed by atoms with van der Waals surface area (Å²) in [5, 5.41) is 0.738. The van der Waals surface area contributed by atoms with Gasteiger partial charge >= 0.3 is 0 Å². The van der Waals surface area contributed by atoms with Crippen molar-refractivity contribution >= 4 is 29.1 Å². The lowest BCUT2D eigenvalue weighted by molar-refractivity contribution is -0.116. The Morgan fingerprint density at radius 1 is 1.12 bits per heavy atom. The molecular formula is C14H12ClOS. The summed E-state index contributed by atoms with van der Waals surface area (Å²) >= 11 is 7.48. The summed E-state index contributed by atoms with van der Waals surface area (Å²) in [7, 11) is 0. The highest BCUT2D eigenvalue weighted by molar-refractivity contribution is 7.99. The summed E-state index contributed by atoms with van der Waals surface area (Å²) in [4.78, 5) is 12.9. The second-order valence-corrected chi connectivity index (χ2v) is 5.25. The molecule has 0 heterocycles. The average molecular weight is 264 g/mol. The Bertz CT molecular complexity index is 368. The molecule has 1 aliphatic carbocycles. The van der Waals surface area contributed by atoms with E-state index in [9.17, 15) is 4.79 Å². The number of rotatable bonds is 5. The molecule has 0 unspecified atom stereocenters. The predicted molar refractivity (Wildman–Crippen MR) is 72.2 cm³/mol. The van der Waals surface area contributed by atoms with Crippen LogP contribution in [0, 0.1) is 31.6 Å². The van der Waals surface area contributed by atoms with Gasteiger partial charge in [-0.15, -0.1) is 11.8 Å². The first-order valence-corrected chi connectivity index (χ1v) is 6.75. The molecular weight excluding hydrogens is 252 g/mol. The van der Waals surface area contributed by atoms with E-state index in [0.717, 1.165) is 21.6 Å². The molecule has 1 fully saturated rings. The van der Waals surface area contributed by atoms with E-state index in [-0.39, 0.29) is 5.78 Å². The lowest BCUT2D eigenvalue weighted by atomic mass is 10.0. The lowest BCUT2D eigenvalue weighted by Crippen LogP contribution is -2.09. The summed E-state index contributed by atoms with van der Waals surface area (Å²) in [5.41, 5.74) is 0. The second-order valence-electron chi connectivity index (χ2n) is 3.65. The molecule has 0 saturated heterocycles. The van der Waals surface area contributed by atoms with Gasteiger partial charge in [0.05, 0.1) is 0 Å². The van der Waals surface area contributed by atoms with Crippen LogP contribution >= 0.6 is 23.4 Å². The topological polar surface area (TPSA) is 17.1 Å². The van der Waals surface area contributed by atoms with Gasteiger partial charge in [0.2, 0.25) is 0 Å². The number of ketones is 1. The standard InChI is InChI=1S/C14H12ClOS/c15-12-5-7-13(8-6-12)17-10-9-14(16)11-3-1-2-4-11/h1-8H,9-10H2. The van der Waals surface area contributed by atoms with Gasteiger partial charge in [-0.25, -0.2) is 0 Å². The first kappa shape index (κ1) is 13.0. The van der Waals surface area contributed by atoms with Crippen molar-refractivity contribution in [3.63, 3.8) is 0 Å². The Morgan fingerprint density at radius 2 is 1.76 bits per heavy atom. The zero-order valence-electron chi connectivity index (χ0n) is 9.23. The van der Waals surface area contributed by atoms with E-state index in [1.807, 2.05) is 49.9 Å². The fourth-order valence-corrected chi connectivity index (χ4v) is 2.47. The van der Waals surface area contributed by atoms with E-state index in [2.05, 4.69) is 0 Å². The Balaban J connectivity index is 1.72. The Kier molecular flexibility index (Phi) is 4.93. The van der Waals surface area contributed by atoms with Crippen LogP contribution in [-0.2, 0) is 4.79 Å². The van der Waals surface area contributed by atoms with Crippen molar-refractivity contribution in [3.05, 3.63) is 60.9 Å². The molecule has 0 amide bonds. The molecule has 0 aliphatic heterocycles. The quantitative estimate of drug-likeness (QED) is 0.752. The summed E-state index contributed by atoms with van der Waals surface area (Å²) in [6, 6.07) is 7.67. The highest BCUT2D eigenvalue weighted by atomic mass is 35.5. The van der Waals surface area contributed by atoms with Gasteiger partial charge in [0.15, 0.2) is 0 Å². The second kappa shape index (κ2) is 6.46. The molecule has 0 bridgehead atoms. The van der Waals surface area contributed by atoms with Gasteiger partial charge in [-0.1, -0.05) is 11.6 Å². The number of Topliss-reactive ketones (excluding diaryl/α,β-unsaturated/α-hetero) is 1.